The number of nitrogens with one attached hydrogen (secondary N) is 1. The molecule has 0 spiro atoms. The van der Waals surface area contributed by atoms with Crippen LogP contribution in [0.25, 0.3) is 11.3 Å². The molecule has 27 heavy (non-hydrogen) atoms. The lowest BCUT2D eigenvalue weighted by Gasteiger charge is -2.22. The van der Waals surface area contributed by atoms with E-state index in [1.165, 1.54) is 0 Å². The van der Waals surface area contributed by atoms with E-state index in [1.54, 1.807) is 6.20 Å². The molecule has 0 amide bonds. The predicted molar refractivity (Wildman–Crippen MR) is 112 cm³/mol. The Bertz CT molecular complexity index is 815. The zero-order valence-electron chi connectivity index (χ0n) is 16.1. The first-order valence-corrected chi connectivity index (χ1v) is 9.62. The lowest BCUT2D eigenvalue weighted by molar-refractivity contribution is 0.722. The van der Waals surface area contributed by atoms with Gasteiger partial charge in [-0.1, -0.05) is 50.2 Å². The van der Waals surface area contributed by atoms with Gasteiger partial charge in [-0.25, -0.2) is 4.98 Å². The van der Waals surface area contributed by atoms with Gasteiger partial charge in [0.25, 0.3) is 0 Å². The summed E-state index contributed by atoms with van der Waals surface area (Å²) in [6, 6.07) is 16.3. The Morgan fingerprint density at radius 1 is 0.926 bits per heavy atom. The normalized spacial score (nSPS) is 10.6. The average molecular weight is 361 g/mol. The number of anilines is 2. The molecule has 0 unspecified atom stereocenters. The smallest absolute Gasteiger partial charge is 0.227 e. The van der Waals surface area contributed by atoms with Crippen LogP contribution in [0.1, 0.15) is 32.3 Å². The number of hydrogen-bond donors (Lipinski definition) is 1. The molecular formula is C22H27N5. The number of nitrogens with zero attached hydrogens (tertiary/aromatic N) is 4. The van der Waals surface area contributed by atoms with Gasteiger partial charge in [0, 0.05) is 43.7 Å². The lowest BCUT2D eigenvalue weighted by atomic mass is 10.1. The van der Waals surface area contributed by atoms with Crippen molar-refractivity contribution in [1.82, 2.24) is 15.0 Å². The summed E-state index contributed by atoms with van der Waals surface area (Å²) >= 11 is 0. The van der Waals surface area contributed by atoms with Crippen molar-refractivity contribution in [2.75, 3.05) is 23.3 Å². The minimum absolute atomic E-state index is 0.681. The zero-order chi connectivity index (χ0) is 18.9. The summed E-state index contributed by atoms with van der Waals surface area (Å²) in [6.45, 7) is 6.96. The van der Waals surface area contributed by atoms with Crippen LogP contribution in [0, 0.1) is 0 Å². The van der Waals surface area contributed by atoms with E-state index in [2.05, 4.69) is 47.2 Å². The first kappa shape index (κ1) is 18.8. The second-order valence-corrected chi connectivity index (χ2v) is 6.51. The first-order valence-electron chi connectivity index (χ1n) is 9.62. The molecule has 3 rings (SSSR count). The van der Waals surface area contributed by atoms with Crippen molar-refractivity contribution >= 4 is 11.8 Å². The quantitative estimate of drug-likeness (QED) is 0.594. The fraction of sp³-hybridized carbons (Fsp3) is 0.318. The Kier molecular flexibility index (Phi) is 6.74. The van der Waals surface area contributed by atoms with Gasteiger partial charge in [0.05, 0.1) is 5.69 Å². The molecule has 1 N–H and O–H groups in total. The highest BCUT2D eigenvalue weighted by Crippen LogP contribution is 2.23. The molecule has 0 radical (unpaired) electrons. The molecule has 0 bridgehead atoms. The molecule has 0 atom stereocenters. The maximum atomic E-state index is 4.86. The van der Waals surface area contributed by atoms with E-state index in [1.807, 2.05) is 36.5 Å². The standard InChI is InChI=1S/C22H27N5/c1-3-13-27(14-4-2)22-25-20(19-10-6-5-7-11-19)15-21(26-22)24-17-18-9-8-12-23-16-18/h5-12,15-16H,3-4,13-14,17H2,1-2H3,(H,24,25,26). The van der Waals surface area contributed by atoms with E-state index in [0.29, 0.717) is 6.54 Å². The SMILES string of the molecule is CCCN(CCC)c1nc(NCc2cccnc2)cc(-c2ccccc2)n1. The molecular weight excluding hydrogens is 334 g/mol. The Morgan fingerprint density at radius 2 is 1.70 bits per heavy atom. The van der Waals surface area contributed by atoms with Crippen LogP contribution in [0.5, 0.6) is 0 Å². The van der Waals surface area contributed by atoms with Gasteiger partial charge in [-0.3, -0.25) is 4.98 Å². The molecule has 0 fully saturated rings. The van der Waals surface area contributed by atoms with Gasteiger partial charge in [0.1, 0.15) is 5.82 Å². The van der Waals surface area contributed by atoms with Crippen LogP contribution in [0.3, 0.4) is 0 Å². The molecule has 2 heterocycles. The van der Waals surface area contributed by atoms with Crippen LogP contribution in [0.2, 0.25) is 0 Å². The Balaban J connectivity index is 1.92. The van der Waals surface area contributed by atoms with Gasteiger partial charge in [-0.15, -0.1) is 0 Å². The van der Waals surface area contributed by atoms with Crippen LogP contribution in [0.15, 0.2) is 60.9 Å². The van der Waals surface area contributed by atoms with Crippen molar-refractivity contribution in [2.45, 2.75) is 33.2 Å². The molecule has 2 aromatic heterocycles. The monoisotopic (exact) mass is 361 g/mol. The van der Waals surface area contributed by atoms with Gasteiger partial charge in [-0.2, -0.15) is 4.98 Å². The van der Waals surface area contributed by atoms with Crippen molar-refractivity contribution in [3.05, 3.63) is 66.5 Å². The van der Waals surface area contributed by atoms with E-state index in [4.69, 9.17) is 9.97 Å². The lowest BCUT2D eigenvalue weighted by Crippen LogP contribution is -2.27. The number of benzene rings is 1. The number of rotatable bonds is 9. The van der Waals surface area contributed by atoms with Crippen LogP contribution in [0.4, 0.5) is 11.8 Å². The summed E-state index contributed by atoms with van der Waals surface area (Å²) in [5, 5.41) is 3.43. The predicted octanol–water partition coefficient (Wildman–Crippen LogP) is 4.78. The molecule has 0 aliphatic heterocycles. The van der Waals surface area contributed by atoms with Crippen molar-refractivity contribution < 1.29 is 0 Å². The summed E-state index contributed by atoms with van der Waals surface area (Å²) in [5.74, 6) is 1.62. The Hall–Kier alpha value is -2.95. The Morgan fingerprint density at radius 3 is 2.37 bits per heavy atom. The molecule has 5 heteroatoms. The zero-order valence-corrected chi connectivity index (χ0v) is 16.1. The van der Waals surface area contributed by atoms with Gasteiger partial charge in [0.15, 0.2) is 0 Å². The third-order valence-corrected chi connectivity index (χ3v) is 4.25. The van der Waals surface area contributed by atoms with Crippen molar-refractivity contribution in [1.29, 1.82) is 0 Å². The summed E-state index contributed by atoms with van der Waals surface area (Å²) in [6.07, 6.45) is 5.79. The first-order chi connectivity index (χ1) is 13.3. The number of hydrogen-bond acceptors (Lipinski definition) is 5. The molecule has 140 valence electrons. The second-order valence-electron chi connectivity index (χ2n) is 6.51. The van der Waals surface area contributed by atoms with E-state index < -0.39 is 0 Å². The van der Waals surface area contributed by atoms with E-state index in [0.717, 1.165) is 54.5 Å². The third-order valence-electron chi connectivity index (χ3n) is 4.25. The van der Waals surface area contributed by atoms with Gasteiger partial charge < -0.3 is 10.2 Å². The van der Waals surface area contributed by atoms with E-state index in [9.17, 15) is 0 Å². The van der Waals surface area contributed by atoms with Crippen LogP contribution in [-0.2, 0) is 6.54 Å². The van der Waals surface area contributed by atoms with Crippen molar-refractivity contribution in [3.8, 4) is 11.3 Å². The highest BCUT2D eigenvalue weighted by atomic mass is 15.3. The minimum Gasteiger partial charge on any atom is -0.366 e. The molecule has 0 saturated carbocycles. The van der Waals surface area contributed by atoms with Crippen LogP contribution >= 0.6 is 0 Å². The average Bonchev–Trinajstić information content (AvgIpc) is 2.73. The fourth-order valence-corrected chi connectivity index (χ4v) is 2.97. The third kappa shape index (κ3) is 5.26. The minimum atomic E-state index is 0.681. The number of pyridine rings is 1. The van der Waals surface area contributed by atoms with Gasteiger partial charge >= 0.3 is 0 Å². The Labute approximate surface area is 161 Å². The summed E-state index contributed by atoms with van der Waals surface area (Å²) in [7, 11) is 0. The molecule has 0 aliphatic rings. The largest absolute Gasteiger partial charge is 0.366 e. The fourth-order valence-electron chi connectivity index (χ4n) is 2.97. The van der Waals surface area contributed by atoms with Crippen molar-refractivity contribution in [2.24, 2.45) is 0 Å². The molecule has 1 aromatic carbocycles. The van der Waals surface area contributed by atoms with E-state index >= 15 is 0 Å². The second kappa shape index (κ2) is 9.67. The van der Waals surface area contributed by atoms with Gasteiger partial charge in [-0.05, 0) is 24.5 Å². The summed E-state index contributed by atoms with van der Waals surface area (Å²) < 4.78 is 0. The van der Waals surface area contributed by atoms with E-state index in [-0.39, 0.29) is 0 Å². The topological polar surface area (TPSA) is 53.9 Å². The maximum Gasteiger partial charge on any atom is 0.227 e. The summed E-state index contributed by atoms with van der Waals surface area (Å²) in [4.78, 5) is 16.1. The molecule has 5 nitrogen and oxygen atoms in total. The maximum absolute atomic E-state index is 4.86. The highest BCUT2D eigenvalue weighted by Gasteiger charge is 2.12. The van der Waals surface area contributed by atoms with Gasteiger partial charge in [0.2, 0.25) is 5.95 Å². The van der Waals surface area contributed by atoms with Crippen molar-refractivity contribution in [3.63, 3.8) is 0 Å². The highest BCUT2D eigenvalue weighted by molar-refractivity contribution is 5.64. The number of aromatic nitrogens is 3. The van der Waals surface area contributed by atoms with Crippen LogP contribution < -0.4 is 10.2 Å². The molecule has 3 aromatic rings. The summed E-state index contributed by atoms with van der Waals surface area (Å²) in [5.41, 5.74) is 3.16. The molecule has 0 saturated heterocycles. The van der Waals surface area contributed by atoms with Crippen LogP contribution in [-0.4, -0.2) is 28.0 Å². The molecule has 0 aliphatic carbocycles.